The summed E-state index contributed by atoms with van der Waals surface area (Å²) in [5.41, 5.74) is 2.56. The molecule has 1 amide bonds. The van der Waals surface area contributed by atoms with E-state index in [2.05, 4.69) is 17.4 Å². The molecule has 3 unspecified atom stereocenters. The molecule has 1 aliphatic carbocycles. The van der Waals surface area contributed by atoms with Crippen molar-refractivity contribution in [2.75, 3.05) is 6.26 Å². The maximum Gasteiger partial charge on any atom is 0.326 e. The molecule has 2 N–H and O–H groups in total. The smallest absolute Gasteiger partial charge is 0.326 e. The van der Waals surface area contributed by atoms with Crippen molar-refractivity contribution in [1.82, 2.24) is 5.32 Å². The fraction of sp³-hybridized carbons (Fsp3) is 0.556. The van der Waals surface area contributed by atoms with Crippen molar-refractivity contribution in [3.8, 4) is 0 Å². The lowest BCUT2D eigenvalue weighted by atomic mass is 9.79. The van der Waals surface area contributed by atoms with Crippen LogP contribution in [0.5, 0.6) is 0 Å². The van der Waals surface area contributed by atoms with Crippen LogP contribution in [-0.4, -0.2) is 34.5 Å². The minimum Gasteiger partial charge on any atom is -0.480 e. The zero-order valence-corrected chi connectivity index (χ0v) is 14.6. The Labute approximate surface area is 142 Å². The molecule has 0 saturated carbocycles. The molecule has 0 radical (unpaired) electrons. The Hall–Kier alpha value is -1.49. The number of hydrogen-bond donors (Lipinski definition) is 2. The number of hydrogen-bond acceptors (Lipinski definition) is 3. The lowest BCUT2D eigenvalue weighted by Gasteiger charge is -2.28. The SMILES string of the molecule is CSC(C)CC(=O)NC(CC1CCCc2ccccc21)C(=O)O. The summed E-state index contributed by atoms with van der Waals surface area (Å²) >= 11 is 1.61. The maximum atomic E-state index is 12.0. The summed E-state index contributed by atoms with van der Waals surface area (Å²) in [4.78, 5) is 23.6. The Kier molecular flexibility index (Phi) is 6.51. The van der Waals surface area contributed by atoms with Gasteiger partial charge in [-0.3, -0.25) is 4.79 Å². The molecule has 4 nitrogen and oxygen atoms in total. The normalized spacial score (nSPS) is 19.5. The number of aryl methyl sites for hydroxylation is 1. The number of benzene rings is 1. The quantitative estimate of drug-likeness (QED) is 0.803. The highest BCUT2D eigenvalue weighted by atomic mass is 32.2. The second-order valence-corrected chi connectivity index (χ2v) is 7.51. The van der Waals surface area contributed by atoms with Gasteiger partial charge in [-0.05, 0) is 49.0 Å². The summed E-state index contributed by atoms with van der Waals surface area (Å²) in [6.07, 6.45) is 5.88. The second kappa shape index (κ2) is 8.39. The van der Waals surface area contributed by atoms with Crippen molar-refractivity contribution in [3.05, 3.63) is 35.4 Å². The van der Waals surface area contributed by atoms with Crippen molar-refractivity contribution in [2.45, 2.75) is 56.2 Å². The van der Waals surface area contributed by atoms with Crippen LogP contribution < -0.4 is 5.32 Å². The molecule has 3 atom stereocenters. The monoisotopic (exact) mass is 335 g/mol. The van der Waals surface area contributed by atoms with Gasteiger partial charge in [-0.2, -0.15) is 11.8 Å². The molecule has 0 aliphatic heterocycles. The van der Waals surface area contributed by atoms with Crippen molar-refractivity contribution < 1.29 is 14.7 Å². The van der Waals surface area contributed by atoms with Gasteiger partial charge in [0.2, 0.25) is 5.91 Å². The Bertz CT molecular complexity index is 561. The van der Waals surface area contributed by atoms with Gasteiger partial charge in [0, 0.05) is 11.7 Å². The van der Waals surface area contributed by atoms with Gasteiger partial charge in [0.05, 0.1) is 0 Å². The fourth-order valence-electron chi connectivity index (χ4n) is 3.20. The summed E-state index contributed by atoms with van der Waals surface area (Å²) in [6, 6.07) is 7.44. The molecule has 0 bridgehead atoms. The second-order valence-electron chi connectivity index (χ2n) is 6.23. The highest BCUT2D eigenvalue weighted by molar-refractivity contribution is 7.99. The van der Waals surface area contributed by atoms with E-state index in [1.165, 1.54) is 11.1 Å². The van der Waals surface area contributed by atoms with Gasteiger partial charge in [-0.25, -0.2) is 4.79 Å². The van der Waals surface area contributed by atoms with E-state index < -0.39 is 12.0 Å². The third kappa shape index (κ3) is 4.99. The van der Waals surface area contributed by atoms with Crippen LogP contribution in [0.25, 0.3) is 0 Å². The van der Waals surface area contributed by atoms with Crippen LogP contribution in [0.2, 0.25) is 0 Å². The highest BCUT2D eigenvalue weighted by Crippen LogP contribution is 2.34. The van der Waals surface area contributed by atoms with E-state index in [4.69, 9.17) is 0 Å². The first-order valence-electron chi connectivity index (χ1n) is 8.14. The lowest BCUT2D eigenvalue weighted by molar-refractivity contribution is -0.142. The van der Waals surface area contributed by atoms with E-state index in [-0.39, 0.29) is 17.1 Å². The lowest BCUT2D eigenvalue weighted by Crippen LogP contribution is -2.42. The average molecular weight is 335 g/mol. The van der Waals surface area contributed by atoms with Crippen LogP contribution in [0.3, 0.4) is 0 Å². The molecule has 0 heterocycles. The Morgan fingerprint density at radius 2 is 2.13 bits per heavy atom. The number of aliphatic carboxylic acids is 1. The first-order chi connectivity index (χ1) is 11.0. The molecule has 1 aliphatic rings. The number of fused-ring (bicyclic) bond motifs is 1. The molecule has 0 spiro atoms. The number of carbonyl (C=O) groups is 2. The van der Waals surface area contributed by atoms with Crippen LogP contribution in [0.1, 0.15) is 49.7 Å². The summed E-state index contributed by atoms with van der Waals surface area (Å²) in [5.74, 6) is -0.916. The largest absolute Gasteiger partial charge is 0.480 e. The van der Waals surface area contributed by atoms with Crippen LogP contribution in [0, 0.1) is 0 Å². The molecule has 0 saturated heterocycles. The number of thioether (sulfide) groups is 1. The van der Waals surface area contributed by atoms with Crippen molar-refractivity contribution in [3.63, 3.8) is 0 Å². The van der Waals surface area contributed by atoms with E-state index in [1.54, 1.807) is 11.8 Å². The standard InChI is InChI=1S/C18H25NO3S/c1-12(23-2)10-17(20)19-16(18(21)22)11-14-8-5-7-13-6-3-4-9-15(13)14/h3-4,6,9,12,14,16H,5,7-8,10-11H2,1-2H3,(H,19,20)(H,21,22). The van der Waals surface area contributed by atoms with Crippen LogP contribution in [0.15, 0.2) is 24.3 Å². The molecule has 2 rings (SSSR count). The molecule has 5 heteroatoms. The molecule has 1 aromatic rings. The number of carboxylic acid groups (broad SMARTS) is 1. The molecule has 0 aromatic heterocycles. The van der Waals surface area contributed by atoms with Gasteiger partial charge in [0.15, 0.2) is 0 Å². The van der Waals surface area contributed by atoms with E-state index in [9.17, 15) is 14.7 Å². The number of rotatable bonds is 7. The van der Waals surface area contributed by atoms with E-state index in [0.29, 0.717) is 12.8 Å². The fourth-order valence-corrected chi connectivity index (χ4v) is 3.52. The van der Waals surface area contributed by atoms with Crippen LogP contribution in [0.4, 0.5) is 0 Å². The Morgan fingerprint density at radius 3 is 2.83 bits per heavy atom. The van der Waals surface area contributed by atoms with Gasteiger partial charge in [-0.15, -0.1) is 0 Å². The topological polar surface area (TPSA) is 66.4 Å². The van der Waals surface area contributed by atoms with Crippen molar-refractivity contribution >= 4 is 23.6 Å². The van der Waals surface area contributed by atoms with Crippen LogP contribution in [-0.2, 0) is 16.0 Å². The van der Waals surface area contributed by atoms with Crippen molar-refractivity contribution in [1.29, 1.82) is 0 Å². The van der Waals surface area contributed by atoms with Gasteiger partial charge in [-0.1, -0.05) is 31.2 Å². The minimum absolute atomic E-state index is 0.177. The van der Waals surface area contributed by atoms with Gasteiger partial charge >= 0.3 is 5.97 Å². The first kappa shape index (κ1) is 17.9. The zero-order chi connectivity index (χ0) is 16.8. The first-order valence-corrected chi connectivity index (χ1v) is 9.42. The predicted octanol–water partition coefficient (Wildman–Crippen LogP) is 3.21. The summed E-state index contributed by atoms with van der Waals surface area (Å²) in [7, 11) is 0. The number of amides is 1. The van der Waals surface area contributed by atoms with Gasteiger partial charge in [0.1, 0.15) is 6.04 Å². The van der Waals surface area contributed by atoms with Gasteiger partial charge < -0.3 is 10.4 Å². The predicted molar refractivity (Wildman–Crippen MR) is 93.9 cm³/mol. The summed E-state index contributed by atoms with van der Waals surface area (Å²) in [5, 5.41) is 12.4. The third-order valence-corrected chi connectivity index (χ3v) is 5.49. The van der Waals surface area contributed by atoms with E-state index in [1.807, 2.05) is 25.3 Å². The van der Waals surface area contributed by atoms with Gasteiger partial charge in [0.25, 0.3) is 0 Å². The van der Waals surface area contributed by atoms with E-state index in [0.717, 1.165) is 19.3 Å². The summed E-state index contributed by atoms with van der Waals surface area (Å²) < 4.78 is 0. The Balaban J connectivity index is 2.03. The number of carboxylic acids is 1. The molecular formula is C18H25NO3S. The zero-order valence-electron chi connectivity index (χ0n) is 13.7. The van der Waals surface area contributed by atoms with Crippen molar-refractivity contribution in [2.24, 2.45) is 0 Å². The molecular weight excluding hydrogens is 310 g/mol. The third-order valence-electron chi connectivity index (χ3n) is 4.52. The average Bonchev–Trinajstić information content (AvgIpc) is 2.54. The molecule has 0 fully saturated rings. The number of nitrogens with one attached hydrogen (secondary N) is 1. The van der Waals surface area contributed by atoms with E-state index >= 15 is 0 Å². The molecule has 23 heavy (non-hydrogen) atoms. The number of carbonyl (C=O) groups excluding carboxylic acids is 1. The minimum atomic E-state index is -0.946. The molecule has 126 valence electrons. The highest BCUT2D eigenvalue weighted by Gasteiger charge is 2.28. The maximum absolute atomic E-state index is 12.0. The Morgan fingerprint density at radius 1 is 1.39 bits per heavy atom. The van der Waals surface area contributed by atoms with Crippen LogP contribution >= 0.6 is 11.8 Å². The molecule has 1 aromatic carbocycles. The summed E-state index contributed by atoms with van der Waals surface area (Å²) in [6.45, 7) is 1.97.